The molecule has 4 nitrogen and oxygen atoms in total. The molecule has 0 saturated heterocycles. The summed E-state index contributed by atoms with van der Waals surface area (Å²) in [7, 11) is 0. The van der Waals surface area contributed by atoms with E-state index in [1.807, 2.05) is 60.7 Å². The first-order chi connectivity index (χ1) is 19.7. The van der Waals surface area contributed by atoms with Gasteiger partial charge in [-0.25, -0.2) is 9.97 Å². The van der Waals surface area contributed by atoms with E-state index in [1.165, 1.54) is 0 Å². The van der Waals surface area contributed by atoms with Gasteiger partial charge in [-0.05, 0) is 59.7 Å². The Hall–Kier alpha value is -5.48. The number of benzene rings is 2. The van der Waals surface area contributed by atoms with Crippen LogP contribution in [0.4, 0.5) is 0 Å². The van der Waals surface area contributed by atoms with E-state index in [9.17, 15) is 0 Å². The Labute approximate surface area is 232 Å². The van der Waals surface area contributed by atoms with Crippen molar-refractivity contribution in [2.24, 2.45) is 0 Å². The van der Waals surface area contributed by atoms with Crippen LogP contribution in [0.5, 0.6) is 0 Å². The fourth-order valence-corrected chi connectivity index (χ4v) is 5.50. The van der Waals surface area contributed by atoms with Crippen LogP contribution in [0.3, 0.4) is 0 Å². The quantitative estimate of drug-likeness (QED) is 0.246. The molecule has 2 aromatic carbocycles. The highest BCUT2D eigenvalue weighted by molar-refractivity contribution is 5.96. The van der Waals surface area contributed by atoms with Crippen molar-refractivity contribution in [2.45, 2.75) is 0 Å². The topological polar surface area (TPSA) is 57.4 Å². The lowest BCUT2D eigenvalue weighted by Crippen LogP contribution is -1.89. The van der Waals surface area contributed by atoms with Crippen molar-refractivity contribution in [2.75, 3.05) is 0 Å². The van der Waals surface area contributed by atoms with Crippen LogP contribution in [0.1, 0.15) is 33.9 Å². The van der Waals surface area contributed by atoms with Gasteiger partial charge in [0.1, 0.15) is 0 Å². The predicted octanol–water partition coefficient (Wildman–Crippen LogP) is 9.28. The molecule has 0 amide bonds. The van der Waals surface area contributed by atoms with Crippen LogP contribution in [-0.4, -0.2) is 19.9 Å². The zero-order valence-corrected chi connectivity index (χ0v) is 21.9. The van der Waals surface area contributed by atoms with Crippen LogP contribution in [0, 0.1) is 0 Å². The van der Waals surface area contributed by atoms with Gasteiger partial charge in [-0.2, -0.15) is 0 Å². The van der Waals surface area contributed by atoms with E-state index >= 15 is 0 Å². The van der Waals surface area contributed by atoms with Crippen LogP contribution in [0.15, 0.2) is 98.1 Å². The number of aromatic amines is 2. The number of aromatic nitrogens is 4. The summed E-state index contributed by atoms with van der Waals surface area (Å²) in [4.78, 5) is 17.5. The lowest BCUT2D eigenvalue weighted by atomic mass is 10.0. The van der Waals surface area contributed by atoms with Crippen LogP contribution in [0.2, 0.25) is 0 Å². The van der Waals surface area contributed by atoms with Gasteiger partial charge in [0.15, 0.2) is 0 Å². The van der Waals surface area contributed by atoms with Crippen LogP contribution >= 0.6 is 0 Å². The highest BCUT2D eigenvalue weighted by atomic mass is 14.8. The molecule has 0 fully saturated rings. The van der Waals surface area contributed by atoms with Crippen molar-refractivity contribution >= 4 is 58.5 Å². The molecule has 190 valence electrons. The number of fused-ring (bicyclic) bond motifs is 8. The molecule has 0 aliphatic carbocycles. The molecule has 5 aromatic rings. The largest absolute Gasteiger partial charge is 0.354 e. The molecule has 0 saturated carbocycles. The van der Waals surface area contributed by atoms with E-state index in [0.717, 1.165) is 78.2 Å². The zero-order chi connectivity index (χ0) is 27.1. The molecule has 2 aliphatic heterocycles. The van der Waals surface area contributed by atoms with Crippen LogP contribution in [-0.2, 0) is 0 Å². The lowest BCUT2D eigenvalue weighted by Gasteiger charge is -2.04. The minimum Gasteiger partial charge on any atom is -0.354 e. The Morgan fingerprint density at radius 3 is 1.27 bits per heavy atom. The summed E-state index contributed by atoms with van der Waals surface area (Å²) in [6.45, 7) is 8.27. The highest BCUT2D eigenvalue weighted by Crippen LogP contribution is 2.34. The average Bonchev–Trinajstić information content (AvgIpc) is 3.81. The molecule has 5 heterocycles. The smallest absolute Gasteiger partial charge is 0.0737 e. The molecule has 2 N–H and O–H groups in total. The van der Waals surface area contributed by atoms with E-state index in [-0.39, 0.29) is 0 Å². The first-order valence-electron chi connectivity index (χ1n) is 13.3. The van der Waals surface area contributed by atoms with Gasteiger partial charge in [-0.3, -0.25) is 0 Å². The van der Waals surface area contributed by atoms with Gasteiger partial charge >= 0.3 is 0 Å². The van der Waals surface area contributed by atoms with Crippen molar-refractivity contribution in [1.82, 2.24) is 19.9 Å². The highest BCUT2D eigenvalue weighted by Gasteiger charge is 2.16. The maximum absolute atomic E-state index is 5.10. The average molecular weight is 515 g/mol. The second-order valence-corrected chi connectivity index (χ2v) is 9.72. The number of nitrogens with one attached hydrogen (secondary N) is 2. The third kappa shape index (κ3) is 3.94. The van der Waals surface area contributed by atoms with Crippen molar-refractivity contribution in [1.29, 1.82) is 0 Å². The van der Waals surface area contributed by atoms with E-state index in [1.54, 1.807) is 0 Å². The fraction of sp³-hybridized carbons (Fsp3) is 0. The number of hydrogen-bond acceptors (Lipinski definition) is 2. The standard InChI is InChI=1S/C36H26N4/c1-3-25-27-15-19-31(37-27)35(23-11-7-5-8-12-23)33-21-17-29(39-33)26(4-2)30-18-22-34(40-30)36(24-13-9-6-10-14-24)32-20-16-28(25)38-32/h3-22,37-38H,1-2H2. The van der Waals surface area contributed by atoms with Crippen molar-refractivity contribution in [3.05, 3.63) is 132 Å². The summed E-state index contributed by atoms with van der Waals surface area (Å²) in [6, 6.07) is 29.1. The second-order valence-electron chi connectivity index (χ2n) is 9.72. The van der Waals surface area contributed by atoms with E-state index in [4.69, 9.17) is 9.97 Å². The molecule has 2 aliphatic rings. The Kier molecular flexibility index (Phi) is 5.72. The first-order valence-corrected chi connectivity index (χ1v) is 13.3. The number of hydrogen-bond donors (Lipinski definition) is 2. The summed E-state index contributed by atoms with van der Waals surface area (Å²) in [5.74, 6) is 0. The number of nitrogens with zero attached hydrogens (tertiary/aromatic N) is 2. The molecule has 40 heavy (non-hydrogen) atoms. The molecule has 7 rings (SSSR count). The minimum atomic E-state index is 0.837. The van der Waals surface area contributed by atoms with E-state index in [0.29, 0.717) is 0 Å². The minimum absolute atomic E-state index is 0.837. The van der Waals surface area contributed by atoms with Gasteiger partial charge < -0.3 is 9.97 Å². The van der Waals surface area contributed by atoms with Crippen LogP contribution in [0.25, 0.3) is 80.8 Å². The Morgan fingerprint density at radius 2 is 0.850 bits per heavy atom. The van der Waals surface area contributed by atoms with Crippen LogP contribution < -0.4 is 0 Å². The summed E-state index contributed by atoms with van der Waals surface area (Å²) in [5.41, 5.74) is 13.4. The monoisotopic (exact) mass is 514 g/mol. The molecule has 4 heteroatoms. The Balaban J connectivity index is 1.67. The molecule has 3 aromatic heterocycles. The summed E-state index contributed by atoms with van der Waals surface area (Å²) in [5, 5.41) is 0. The zero-order valence-electron chi connectivity index (χ0n) is 21.9. The van der Waals surface area contributed by atoms with E-state index in [2.05, 4.69) is 83.8 Å². The molecule has 0 radical (unpaired) electrons. The third-order valence-corrected chi connectivity index (χ3v) is 7.37. The Bertz CT molecular complexity index is 1880. The van der Waals surface area contributed by atoms with Gasteiger partial charge in [0.25, 0.3) is 0 Å². The van der Waals surface area contributed by atoms with Gasteiger partial charge in [-0.1, -0.05) is 86.0 Å². The molecule has 0 atom stereocenters. The number of rotatable bonds is 4. The van der Waals surface area contributed by atoms with Crippen molar-refractivity contribution < 1.29 is 0 Å². The molecule has 8 bridgehead atoms. The summed E-state index contributed by atoms with van der Waals surface area (Å²) in [6.07, 6.45) is 12.0. The van der Waals surface area contributed by atoms with Gasteiger partial charge in [0.2, 0.25) is 0 Å². The molecular formula is C36H26N4. The van der Waals surface area contributed by atoms with Gasteiger partial charge in [0.05, 0.1) is 22.8 Å². The predicted molar refractivity (Wildman–Crippen MR) is 170 cm³/mol. The molecular weight excluding hydrogens is 488 g/mol. The normalized spacial score (nSPS) is 12.0. The molecule has 0 spiro atoms. The summed E-state index contributed by atoms with van der Waals surface area (Å²) >= 11 is 0. The second kappa shape index (κ2) is 9.68. The molecule has 0 unspecified atom stereocenters. The van der Waals surface area contributed by atoms with Crippen molar-refractivity contribution in [3.63, 3.8) is 0 Å². The first kappa shape index (κ1) is 23.6. The Morgan fingerprint density at radius 1 is 0.450 bits per heavy atom. The van der Waals surface area contributed by atoms with E-state index < -0.39 is 0 Å². The number of H-pyrrole nitrogens is 2. The van der Waals surface area contributed by atoms with Crippen molar-refractivity contribution in [3.8, 4) is 22.3 Å². The SMILES string of the molecule is C=Cc1c2nc(c(-c3ccccc3)c3ccc([nH]3)c(C=C)c3ccc([nH]3)c(-c3ccccc3)c3nc1C=C3)C=C2. The fourth-order valence-electron chi connectivity index (χ4n) is 5.50. The maximum atomic E-state index is 5.10. The van der Waals surface area contributed by atoms with Gasteiger partial charge in [-0.15, -0.1) is 0 Å². The maximum Gasteiger partial charge on any atom is 0.0737 e. The lowest BCUT2D eigenvalue weighted by molar-refractivity contribution is 1.26. The summed E-state index contributed by atoms with van der Waals surface area (Å²) < 4.78 is 0. The van der Waals surface area contributed by atoms with Gasteiger partial charge in [0, 0.05) is 44.3 Å². The third-order valence-electron chi connectivity index (χ3n) is 7.37.